The topological polar surface area (TPSA) is 32.8 Å². The lowest BCUT2D eigenvalue weighted by Crippen LogP contribution is -2.57. The lowest BCUT2D eigenvalue weighted by Gasteiger charge is -2.44. The normalized spacial score (nSPS) is 29.8. The average Bonchev–Trinajstić information content (AvgIpc) is 2.36. The highest BCUT2D eigenvalue weighted by molar-refractivity contribution is 5.74. The van der Waals surface area contributed by atoms with Gasteiger partial charge in [-0.05, 0) is 19.8 Å². The van der Waals surface area contributed by atoms with Gasteiger partial charge in [0.2, 0.25) is 0 Å². The summed E-state index contributed by atoms with van der Waals surface area (Å²) in [6, 6.07) is 0.492. The van der Waals surface area contributed by atoms with E-state index in [1.807, 2.05) is 18.9 Å². The lowest BCUT2D eigenvalue weighted by atomic mass is 9.90. The Hall–Kier alpha value is -0.770. The van der Waals surface area contributed by atoms with Gasteiger partial charge in [-0.25, -0.2) is 4.79 Å². The van der Waals surface area contributed by atoms with Gasteiger partial charge in [0.1, 0.15) is 0 Å². The van der Waals surface area contributed by atoms with Crippen molar-refractivity contribution in [1.29, 1.82) is 0 Å². The van der Waals surface area contributed by atoms with E-state index in [0.717, 1.165) is 25.9 Å². The first-order valence-corrected chi connectivity index (χ1v) is 6.37. The zero-order chi connectivity index (χ0) is 11.5. The molecule has 1 aliphatic heterocycles. The third-order valence-electron chi connectivity index (χ3n) is 3.78. The Kier molecular flexibility index (Phi) is 3.69. The predicted octanol–water partition coefficient (Wildman–Crippen LogP) is 1.70. The number of hydrogen-bond donors (Lipinski definition) is 0. The van der Waals surface area contributed by atoms with Crippen LogP contribution in [-0.2, 0) is 4.74 Å². The van der Waals surface area contributed by atoms with Crippen LogP contribution < -0.4 is 0 Å². The fraction of sp³-hybridized carbons (Fsp3) is 0.917. The van der Waals surface area contributed by atoms with Gasteiger partial charge in [-0.1, -0.05) is 12.8 Å². The molecule has 1 heterocycles. The van der Waals surface area contributed by atoms with Gasteiger partial charge >= 0.3 is 6.03 Å². The van der Waals surface area contributed by atoms with E-state index in [9.17, 15) is 4.79 Å². The molecule has 0 bridgehead atoms. The smallest absolute Gasteiger partial charge is 0.320 e. The highest BCUT2D eigenvalue weighted by Crippen LogP contribution is 2.28. The lowest BCUT2D eigenvalue weighted by molar-refractivity contribution is -0.0745. The van der Waals surface area contributed by atoms with Gasteiger partial charge in [0.05, 0.1) is 18.8 Å². The number of ether oxygens (including phenoxy) is 1. The molecule has 2 unspecified atom stereocenters. The van der Waals surface area contributed by atoms with Gasteiger partial charge in [0, 0.05) is 20.1 Å². The molecule has 0 aromatic rings. The number of fused-ring (bicyclic) bond motifs is 1. The van der Waals surface area contributed by atoms with Crippen LogP contribution in [-0.4, -0.2) is 54.7 Å². The van der Waals surface area contributed by atoms with Crippen molar-refractivity contribution in [3.63, 3.8) is 0 Å². The maximum absolute atomic E-state index is 12.2. The summed E-state index contributed by atoms with van der Waals surface area (Å²) in [6.45, 7) is 4.24. The summed E-state index contributed by atoms with van der Waals surface area (Å²) in [5.74, 6) is 0. The SMILES string of the molecule is CCN(C)C(=O)N1CCOC2CCCCC21. The highest BCUT2D eigenvalue weighted by atomic mass is 16.5. The molecule has 0 spiro atoms. The van der Waals surface area contributed by atoms with E-state index in [1.54, 1.807) is 4.90 Å². The van der Waals surface area contributed by atoms with Crippen LogP contribution in [0.2, 0.25) is 0 Å². The number of amides is 2. The number of morpholine rings is 1. The molecule has 1 saturated heterocycles. The van der Waals surface area contributed by atoms with E-state index < -0.39 is 0 Å². The number of carbonyl (C=O) groups excluding carboxylic acids is 1. The van der Waals surface area contributed by atoms with E-state index in [2.05, 4.69) is 0 Å². The number of urea groups is 1. The summed E-state index contributed by atoms with van der Waals surface area (Å²) in [6.07, 6.45) is 4.98. The first kappa shape index (κ1) is 11.7. The van der Waals surface area contributed by atoms with Crippen LogP contribution in [0.25, 0.3) is 0 Å². The Morgan fingerprint density at radius 2 is 2.19 bits per heavy atom. The van der Waals surface area contributed by atoms with Gasteiger partial charge in [-0.3, -0.25) is 0 Å². The zero-order valence-electron chi connectivity index (χ0n) is 10.3. The molecule has 0 aromatic heterocycles. The number of hydrogen-bond acceptors (Lipinski definition) is 2. The minimum atomic E-state index is 0.169. The molecule has 2 amide bonds. The van der Waals surface area contributed by atoms with Crippen molar-refractivity contribution in [1.82, 2.24) is 9.80 Å². The Morgan fingerprint density at radius 1 is 1.44 bits per heavy atom. The Labute approximate surface area is 97.5 Å². The van der Waals surface area contributed by atoms with Crippen molar-refractivity contribution >= 4 is 6.03 Å². The van der Waals surface area contributed by atoms with Gasteiger partial charge in [-0.2, -0.15) is 0 Å². The quantitative estimate of drug-likeness (QED) is 0.682. The molecule has 4 nitrogen and oxygen atoms in total. The van der Waals surface area contributed by atoms with Crippen molar-refractivity contribution in [2.45, 2.75) is 44.8 Å². The van der Waals surface area contributed by atoms with E-state index in [1.165, 1.54) is 12.8 Å². The predicted molar refractivity (Wildman–Crippen MR) is 62.4 cm³/mol. The molecule has 0 aromatic carbocycles. The van der Waals surface area contributed by atoms with E-state index >= 15 is 0 Å². The van der Waals surface area contributed by atoms with Crippen LogP contribution in [0.15, 0.2) is 0 Å². The monoisotopic (exact) mass is 226 g/mol. The van der Waals surface area contributed by atoms with E-state index in [0.29, 0.717) is 12.6 Å². The molecule has 0 radical (unpaired) electrons. The van der Waals surface area contributed by atoms with Crippen molar-refractivity contribution < 1.29 is 9.53 Å². The summed E-state index contributed by atoms with van der Waals surface area (Å²) in [5, 5.41) is 0. The van der Waals surface area contributed by atoms with Crippen LogP contribution in [0, 0.1) is 0 Å². The third-order valence-corrected chi connectivity index (χ3v) is 3.78. The molecule has 92 valence electrons. The first-order chi connectivity index (χ1) is 7.74. The zero-order valence-corrected chi connectivity index (χ0v) is 10.3. The molecule has 1 aliphatic carbocycles. The highest BCUT2D eigenvalue weighted by Gasteiger charge is 2.37. The van der Waals surface area contributed by atoms with Gasteiger partial charge in [0.15, 0.2) is 0 Å². The molecule has 2 fully saturated rings. The van der Waals surface area contributed by atoms with E-state index in [-0.39, 0.29) is 12.1 Å². The van der Waals surface area contributed by atoms with Crippen molar-refractivity contribution in [2.75, 3.05) is 26.7 Å². The van der Waals surface area contributed by atoms with Crippen molar-refractivity contribution in [3.8, 4) is 0 Å². The summed E-state index contributed by atoms with van der Waals surface area (Å²) < 4.78 is 5.76. The van der Waals surface area contributed by atoms with Crippen LogP contribution >= 0.6 is 0 Å². The minimum absolute atomic E-state index is 0.169. The average molecular weight is 226 g/mol. The maximum Gasteiger partial charge on any atom is 0.320 e. The minimum Gasteiger partial charge on any atom is -0.374 e. The second-order valence-corrected chi connectivity index (χ2v) is 4.75. The van der Waals surface area contributed by atoms with Crippen LogP contribution in [0.4, 0.5) is 4.79 Å². The van der Waals surface area contributed by atoms with Gasteiger partial charge < -0.3 is 14.5 Å². The summed E-state index contributed by atoms with van der Waals surface area (Å²) in [7, 11) is 1.87. The van der Waals surface area contributed by atoms with Crippen molar-refractivity contribution in [2.24, 2.45) is 0 Å². The summed E-state index contributed by atoms with van der Waals surface area (Å²) in [5.41, 5.74) is 0. The summed E-state index contributed by atoms with van der Waals surface area (Å²) in [4.78, 5) is 16.0. The number of nitrogens with zero attached hydrogens (tertiary/aromatic N) is 2. The largest absolute Gasteiger partial charge is 0.374 e. The van der Waals surface area contributed by atoms with Crippen LogP contribution in [0.5, 0.6) is 0 Å². The molecule has 0 N–H and O–H groups in total. The van der Waals surface area contributed by atoms with Gasteiger partial charge in [0.25, 0.3) is 0 Å². The Balaban J connectivity index is 2.04. The molecular formula is C12H22N2O2. The van der Waals surface area contributed by atoms with Gasteiger partial charge in [-0.15, -0.1) is 0 Å². The molecule has 2 aliphatic rings. The maximum atomic E-state index is 12.2. The second kappa shape index (κ2) is 5.04. The van der Waals surface area contributed by atoms with Crippen LogP contribution in [0.3, 0.4) is 0 Å². The fourth-order valence-corrected chi connectivity index (χ4v) is 2.69. The molecular weight excluding hydrogens is 204 g/mol. The molecule has 2 rings (SSSR count). The fourth-order valence-electron chi connectivity index (χ4n) is 2.69. The summed E-state index contributed by atoms with van der Waals surface area (Å²) >= 11 is 0. The Bertz CT molecular complexity index is 255. The van der Waals surface area contributed by atoms with Crippen LogP contribution in [0.1, 0.15) is 32.6 Å². The third kappa shape index (κ3) is 2.17. The molecule has 16 heavy (non-hydrogen) atoms. The molecule has 2 atom stereocenters. The second-order valence-electron chi connectivity index (χ2n) is 4.75. The first-order valence-electron chi connectivity index (χ1n) is 6.37. The van der Waals surface area contributed by atoms with Crippen molar-refractivity contribution in [3.05, 3.63) is 0 Å². The standard InChI is InChI=1S/C12H22N2O2/c1-3-13(2)12(15)14-8-9-16-11-7-5-4-6-10(11)14/h10-11H,3-9H2,1-2H3. The van der Waals surface area contributed by atoms with E-state index in [4.69, 9.17) is 4.74 Å². The Morgan fingerprint density at radius 3 is 2.94 bits per heavy atom. The molecule has 1 saturated carbocycles. The number of rotatable bonds is 1. The number of carbonyl (C=O) groups is 1. The molecule has 4 heteroatoms.